The van der Waals surface area contributed by atoms with Crippen molar-refractivity contribution in [3.05, 3.63) is 24.3 Å². The highest BCUT2D eigenvalue weighted by Crippen LogP contribution is 2.28. The molecule has 0 aromatic heterocycles. The molecule has 0 amide bonds. The number of benzene rings is 1. The fourth-order valence-electron chi connectivity index (χ4n) is 2.84. The van der Waals surface area contributed by atoms with Gasteiger partial charge in [-0.25, -0.2) is 0 Å². The van der Waals surface area contributed by atoms with Crippen molar-refractivity contribution in [3.8, 4) is 5.75 Å². The standard InChI is InChI=1S/C17H29N3O/c1-4-14(2)15(18)13-19-9-11-20(12-10-19)16-7-5-6-8-17(16)21-3/h5-8,14-15H,4,9-13,18H2,1-3H3/t14?,15-/m1/s1. The number of para-hydroxylation sites is 2. The van der Waals surface area contributed by atoms with Crippen LogP contribution in [0.4, 0.5) is 5.69 Å². The SMILES string of the molecule is CCC(C)[C@H](N)CN1CCN(c2ccccc2OC)CC1. The normalized spacial score (nSPS) is 19.3. The van der Waals surface area contributed by atoms with Crippen molar-refractivity contribution in [3.63, 3.8) is 0 Å². The molecule has 0 saturated carbocycles. The fourth-order valence-corrected chi connectivity index (χ4v) is 2.84. The third kappa shape index (κ3) is 4.11. The van der Waals surface area contributed by atoms with E-state index in [1.807, 2.05) is 12.1 Å². The summed E-state index contributed by atoms with van der Waals surface area (Å²) < 4.78 is 5.46. The molecule has 2 rings (SSSR count). The Kier molecular flexibility index (Phi) is 5.88. The molecule has 2 atom stereocenters. The molecule has 1 aliphatic heterocycles. The van der Waals surface area contributed by atoms with Gasteiger partial charge in [0, 0.05) is 38.8 Å². The molecule has 118 valence electrons. The third-order valence-corrected chi connectivity index (χ3v) is 4.64. The molecule has 1 unspecified atom stereocenters. The lowest BCUT2D eigenvalue weighted by molar-refractivity contribution is 0.220. The van der Waals surface area contributed by atoms with Gasteiger partial charge in [0.2, 0.25) is 0 Å². The highest BCUT2D eigenvalue weighted by atomic mass is 16.5. The molecule has 1 aliphatic rings. The summed E-state index contributed by atoms with van der Waals surface area (Å²) in [7, 11) is 1.74. The van der Waals surface area contributed by atoms with Gasteiger partial charge in [0.1, 0.15) is 5.75 Å². The summed E-state index contributed by atoms with van der Waals surface area (Å²) in [6.07, 6.45) is 1.16. The Bertz CT molecular complexity index is 430. The zero-order chi connectivity index (χ0) is 15.2. The van der Waals surface area contributed by atoms with E-state index in [2.05, 4.69) is 35.8 Å². The molecule has 1 heterocycles. The first-order chi connectivity index (χ1) is 10.2. The lowest BCUT2D eigenvalue weighted by atomic mass is 9.99. The maximum atomic E-state index is 6.27. The highest BCUT2D eigenvalue weighted by Gasteiger charge is 2.22. The van der Waals surface area contributed by atoms with Crippen LogP contribution in [0, 0.1) is 5.92 Å². The van der Waals surface area contributed by atoms with E-state index in [-0.39, 0.29) is 6.04 Å². The van der Waals surface area contributed by atoms with E-state index in [0.29, 0.717) is 5.92 Å². The van der Waals surface area contributed by atoms with Gasteiger partial charge < -0.3 is 15.4 Å². The van der Waals surface area contributed by atoms with E-state index in [4.69, 9.17) is 10.5 Å². The first kappa shape index (κ1) is 16.1. The maximum absolute atomic E-state index is 6.27. The highest BCUT2D eigenvalue weighted by molar-refractivity contribution is 5.58. The molecule has 1 aromatic rings. The average Bonchev–Trinajstić information content (AvgIpc) is 2.54. The van der Waals surface area contributed by atoms with Crippen molar-refractivity contribution in [1.82, 2.24) is 4.90 Å². The van der Waals surface area contributed by atoms with Gasteiger partial charge in [0.25, 0.3) is 0 Å². The van der Waals surface area contributed by atoms with Crippen molar-refractivity contribution < 1.29 is 4.74 Å². The second-order valence-electron chi connectivity index (χ2n) is 6.01. The topological polar surface area (TPSA) is 41.7 Å². The van der Waals surface area contributed by atoms with E-state index < -0.39 is 0 Å². The largest absolute Gasteiger partial charge is 0.495 e. The van der Waals surface area contributed by atoms with Gasteiger partial charge in [0.05, 0.1) is 12.8 Å². The number of rotatable bonds is 6. The van der Waals surface area contributed by atoms with Gasteiger partial charge in [-0.2, -0.15) is 0 Å². The number of ether oxygens (including phenoxy) is 1. The van der Waals surface area contributed by atoms with Gasteiger partial charge in [0.15, 0.2) is 0 Å². The number of hydrogen-bond donors (Lipinski definition) is 1. The van der Waals surface area contributed by atoms with Crippen molar-refractivity contribution in [2.75, 3.05) is 44.7 Å². The Labute approximate surface area is 128 Å². The van der Waals surface area contributed by atoms with E-state index in [9.17, 15) is 0 Å². The minimum absolute atomic E-state index is 0.285. The Morgan fingerprint density at radius 3 is 2.48 bits per heavy atom. The van der Waals surface area contributed by atoms with Crippen LogP contribution < -0.4 is 15.4 Å². The van der Waals surface area contributed by atoms with Crippen molar-refractivity contribution in [1.29, 1.82) is 0 Å². The second-order valence-corrected chi connectivity index (χ2v) is 6.01. The molecule has 2 N–H and O–H groups in total. The number of hydrogen-bond acceptors (Lipinski definition) is 4. The Hall–Kier alpha value is -1.26. The predicted octanol–water partition coefficient (Wildman–Crippen LogP) is 2.19. The van der Waals surface area contributed by atoms with Crippen molar-refractivity contribution in [2.24, 2.45) is 11.7 Å². The second kappa shape index (κ2) is 7.66. The van der Waals surface area contributed by atoms with E-state index in [1.54, 1.807) is 7.11 Å². The lowest BCUT2D eigenvalue weighted by Crippen LogP contribution is -2.51. The summed E-state index contributed by atoms with van der Waals surface area (Å²) in [5.41, 5.74) is 7.47. The molecule has 1 aromatic carbocycles. The quantitative estimate of drug-likeness (QED) is 0.872. The predicted molar refractivity (Wildman–Crippen MR) is 89.1 cm³/mol. The number of nitrogens with zero attached hydrogens (tertiary/aromatic N) is 2. The Balaban J connectivity index is 1.88. The van der Waals surface area contributed by atoms with Crippen LogP contribution in [0.1, 0.15) is 20.3 Å². The minimum atomic E-state index is 0.285. The molecule has 0 spiro atoms. The average molecular weight is 291 g/mol. The van der Waals surface area contributed by atoms with Crippen LogP contribution in [0.15, 0.2) is 24.3 Å². The van der Waals surface area contributed by atoms with Crippen molar-refractivity contribution in [2.45, 2.75) is 26.3 Å². The smallest absolute Gasteiger partial charge is 0.142 e. The van der Waals surface area contributed by atoms with Crippen LogP contribution in [0.3, 0.4) is 0 Å². The summed E-state index contributed by atoms with van der Waals surface area (Å²) >= 11 is 0. The molecular weight excluding hydrogens is 262 g/mol. The first-order valence-electron chi connectivity index (χ1n) is 8.01. The summed E-state index contributed by atoms with van der Waals surface area (Å²) in [5.74, 6) is 1.56. The molecule has 4 heteroatoms. The van der Waals surface area contributed by atoms with Gasteiger partial charge in [-0.05, 0) is 18.1 Å². The van der Waals surface area contributed by atoms with Crippen LogP contribution in [0.25, 0.3) is 0 Å². The maximum Gasteiger partial charge on any atom is 0.142 e. The number of nitrogens with two attached hydrogens (primary N) is 1. The molecule has 0 bridgehead atoms. The van der Waals surface area contributed by atoms with E-state index in [0.717, 1.165) is 44.9 Å². The lowest BCUT2D eigenvalue weighted by Gasteiger charge is -2.38. The van der Waals surface area contributed by atoms with Crippen LogP contribution in [0.5, 0.6) is 5.75 Å². The number of anilines is 1. The van der Waals surface area contributed by atoms with Crippen LogP contribution in [-0.4, -0.2) is 50.8 Å². The van der Waals surface area contributed by atoms with Gasteiger partial charge in [-0.15, -0.1) is 0 Å². The molecule has 0 radical (unpaired) electrons. The fraction of sp³-hybridized carbons (Fsp3) is 0.647. The zero-order valence-corrected chi connectivity index (χ0v) is 13.6. The van der Waals surface area contributed by atoms with Crippen LogP contribution in [0.2, 0.25) is 0 Å². The van der Waals surface area contributed by atoms with Crippen LogP contribution in [-0.2, 0) is 0 Å². The molecule has 1 saturated heterocycles. The van der Waals surface area contributed by atoms with Gasteiger partial charge in [-0.1, -0.05) is 32.4 Å². The minimum Gasteiger partial charge on any atom is -0.495 e. The van der Waals surface area contributed by atoms with Crippen LogP contribution >= 0.6 is 0 Å². The molecule has 1 fully saturated rings. The Morgan fingerprint density at radius 1 is 1.19 bits per heavy atom. The Morgan fingerprint density at radius 2 is 1.86 bits per heavy atom. The van der Waals surface area contributed by atoms with E-state index >= 15 is 0 Å². The summed E-state index contributed by atoms with van der Waals surface area (Å²) in [4.78, 5) is 4.90. The van der Waals surface area contributed by atoms with Gasteiger partial charge in [-0.3, -0.25) is 4.90 Å². The van der Waals surface area contributed by atoms with Gasteiger partial charge >= 0.3 is 0 Å². The zero-order valence-electron chi connectivity index (χ0n) is 13.6. The number of methoxy groups -OCH3 is 1. The summed E-state index contributed by atoms with van der Waals surface area (Å²) in [6.45, 7) is 9.68. The molecular formula is C17H29N3O. The van der Waals surface area contributed by atoms with E-state index in [1.165, 1.54) is 5.69 Å². The summed E-state index contributed by atoms with van der Waals surface area (Å²) in [5, 5.41) is 0. The monoisotopic (exact) mass is 291 g/mol. The first-order valence-corrected chi connectivity index (χ1v) is 8.01. The molecule has 4 nitrogen and oxygen atoms in total. The van der Waals surface area contributed by atoms with Crippen molar-refractivity contribution >= 4 is 5.69 Å². The number of piperazine rings is 1. The molecule has 21 heavy (non-hydrogen) atoms. The molecule has 0 aliphatic carbocycles. The third-order valence-electron chi connectivity index (χ3n) is 4.64. The summed E-state index contributed by atoms with van der Waals surface area (Å²) in [6, 6.07) is 8.54.